The SMILES string of the molecule is Cc1cccc(C)c1N1CC=C[C@]23O[C@H]4C=CCOC(=O)[C@H]4[C@H]2C(=O)N(CCCO)C3C1=O. The number of hydrogen-bond acceptors (Lipinski definition) is 6. The largest absolute Gasteiger partial charge is 0.461 e. The van der Waals surface area contributed by atoms with Gasteiger partial charge in [0.25, 0.3) is 5.91 Å². The molecule has 1 unspecified atom stereocenters. The Hall–Kier alpha value is -2.97. The van der Waals surface area contributed by atoms with E-state index < -0.39 is 35.6 Å². The highest BCUT2D eigenvalue weighted by atomic mass is 16.6. The molecule has 4 aliphatic heterocycles. The van der Waals surface area contributed by atoms with Gasteiger partial charge in [-0.1, -0.05) is 36.4 Å². The Kier molecular flexibility index (Phi) is 5.37. The van der Waals surface area contributed by atoms with Gasteiger partial charge in [-0.05, 0) is 37.5 Å². The number of ether oxygens (including phenoxy) is 2. The van der Waals surface area contributed by atoms with Gasteiger partial charge in [-0.3, -0.25) is 14.4 Å². The normalized spacial score (nSPS) is 32.9. The molecule has 33 heavy (non-hydrogen) atoms. The minimum Gasteiger partial charge on any atom is -0.461 e. The van der Waals surface area contributed by atoms with Gasteiger partial charge in [0, 0.05) is 25.4 Å². The summed E-state index contributed by atoms with van der Waals surface area (Å²) >= 11 is 0. The lowest BCUT2D eigenvalue weighted by Crippen LogP contribution is -2.55. The summed E-state index contributed by atoms with van der Waals surface area (Å²) in [5, 5.41) is 9.44. The van der Waals surface area contributed by atoms with Crippen LogP contribution in [0, 0.1) is 25.7 Å². The standard InChI is InChI=1S/C25H28N2O6/c1-15-7-3-8-16(2)20(15)26-11-5-10-25-19(18-17(33-25)9-4-14-32-24(18)31)22(29)27(12-6-13-28)21(25)23(26)30/h3-5,7-10,17-19,21,28H,6,11-14H2,1-2H3/t17-,18+,19-,21?,25-/m0/s1. The Morgan fingerprint density at radius 1 is 1.12 bits per heavy atom. The molecule has 174 valence electrons. The van der Waals surface area contributed by atoms with Crippen LogP contribution in [0.4, 0.5) is 5.69 Å². The van der Waals surface area contributed by atoms with Gasteiger partial charge < -0.3 is 24.4 Å². The summed E-state index contributed by atoms with van der Waals surface area (Å²) in [7, 11) is 0. The first-order chi connectivity index (χ1) is 15.9. The van der Waals surface area contributed by atoms with Gasteiger partial charge in [0.1, 0.15) is 24.2 Å². The predicted octanol–water partition coefficient (Wildman–Crippen LogP) is 1.28. The van der Waals surface area contributed by atoms with Gasteiger partial charge in [0.2, 0.25) is 5.91 Å². The molecule has 8 heteroatoms. The molecule has 8 nitrogen and oxygen atoms in total. The summed E-state index contributed by atoms with van der Waals surface area (Å²) in [4.78, 5) is 43.9. The number of fused-ring (bicyclic) bond motifs is 2. The highest BCUT2D eigenvalue weighted by Crippen LogP contribution is 2.53. The van der Waals surface area contributed by atoms with E-state index in [9.17, 15) is 19.5 Å². The molecule has 0 aromatic heterocycles. The number of aryl methyl sites for hydroxylation is 2. The van der Waals surface area contributed by atoms with Crippen LogP contribution in [0.2, 0.25) is 0 Å². The van der Waals surface area contributed by atoms with Crippen LogP contribution in [0.25, 0.3) is 0 Å². The molecule has 2 saturated heterocycles. The summed E-state index contributed by atoms with van der Waals surface area (Å²) in [5.41, 5.74) is 1.46. The maximum absolute atomic E-state index is 14.2. The van der Waals surface area contributed by atoms with E-state index in [0.717, 1.165) is 16.8 Å². The maximum Gasteiger partial charge on any atom is 0.313 e. The molecule has 0 bridgehead atoms. The highest BCUT2D eigenvalue weighted by Gasteiger charge is 2.71. The monoisotopic (exact) mass is 452 g/mol. The van der Waals surface area contributed by atoms with Crippen LogP contribution in [-0.2, 0) is 23.9 Å². The van der Waals surface area contributed by atoms with Crippen LogP contribution >= 0.6 is 0 Å². The number of amides is 2. The van der Waals surface area contributed by atoms with Crippen molar-refractivity contribution in [2.75, 3.05) is 31.2 Å². The predicted molar refractivity (Wildman–Crippen MR) is 119 cm³/mol. The van der Waals surface area contributed by atoms with Crippen LogP contribution in [0.3, 0.4) is 0 Å². The lowest BCUT2D eigenvalue weighted by atomic mass is 9.78. The van der Waals surface area contributed by atoms with Crippen LogP contribution in [0.5, 0.6) is 0 Å². The highest BCUT2D eigenvalue weighted by molar-refractivity contribution is 6.06. The van der Waals surface area contributed by atoms with Crippen molar-refractivity contribution in [1.82, 2.24) is 4.90 Å². The molecular formula is C25H28N2O6. The molecule has 2 amide bonds. The smallest absolute Gasteiger partial charge is 0.313 e. The summed E-state index contributed by atoms with van der Waals surface area (Å²) in [6.07, 6.45) is 6.83. The number of anilines is 1. The van der Waals surface area contributed by atoms with Gasteiger partial charge in [-0.2, -0.15) is 0 Å². The van der Waals surface area contributed by atoms with Crippen LogP contribution in [-0.4, -0.2) is 71.8 Å². The molecule has 5 rings (SSSR count). The third-order valence-corrected chi connectivity index (χ3v) is 7.18. The first-order valence-electron chi connectivity index (χ1n) is 11.4. The number of carbonyl (C=O) groups excluding carboxylic acids is 3. The number of carbonyl (C=O) groups is 3. The topological polar surface area (TPSA) is 96.4 Å². The van der Waals surface area contributed by atoms with E-state index in [1.54, 1.807) is 23.1 Å². The van der Waals surface area contributed by atoms with Gasteiger partial charge in [0.05, 0.1) is 12.0 Å². The van der Waals surface area contributed by atoms with Crippen LogP contribution < -0.4 is 4.90 Å². The molecule has 1 spiro atoms. The second kappa shape index (κ2) is 8.11. The number of para-hydroxylation sites is 1. The zero-order valence-corrected chi connectivity index (χ0v) is 18.8. The molecule has 4 heterocycles. The van der Waals surface area contributed by atoms with Gasteiger partial charge in [-0.25, -0.2) is 0 Å². The lowest BCUT2D eigenvalue weighted by molar-refractivity contribution is -0.152. The lowest BCUT2D eigenvalue weighted by Gasteiger charge is -2.36. The second-order valence-corrected chi connectivity index (χ2v) is 9.10. The average molecular weight is 453 g/mol. The Morgan fingerprint density at radius 2 is 1.88 bits per heavy atom. The first-order valence-corrected chi connectivity index (χ1v) is 11.4. The number of esters is 1. The molecule has 4 aliphatic rings. The summed E-state index contributed by atoms with van der Waals surface area (Å²) in [5.74, 6) is -2.73. The molecule has 1 aromatic carbocycles. The van der Waals surface area contributed by atoms with Crippen LogP contribution in [0.1, 0.15) is 17.5 Å². The summed E-state index contributed by atoms with van der Waals surface area (Å²) in [6, 6.07) is 4.92. The minimum absolute atomic E-state index is 0.115. The quantitative estimate of drug-likeness (QED) is 0.546. The molecule has 1 aromatic rings. The first kappa shape index (κ1) is 21.9. The molecule has 5 atom stereocenters. The Labute approximate surface area is 192 Å². The van der Waals surface area contributed by atoms with E-state index in [1.165, 1.54) is 4.90 Å². The number of likely N-dealkylation sites (tertiary alicyclic amines) is 1. The fraction of sp³-hybridized carbons (Fsp3) is 0.480. The fourth-order valence-electron chi connectivity index (χ4n) is 5.88. The van der Waals surface area contributed by atoms with Crippen molar-refractivity contribution in [3.8, 4) is 0 Å². The van der Waals surface area contributed by atoms with E-state index in [1.807, 2.05) is 38.1 Å². The molecule has 0 saturated carbocycles. The van der Waals surface area contributed by atoms with Gasteiger partial charge >= 0.3 is 5.97 Å². The number of hydrogen-bond donors (Lipinski definition) is 1. The number of cyclic esters (lactones) is 1. The van der Waals surface area contributed by atoms with Crippen molar-refractivity contribution in [3.05, 3.63) is 53.6 Å². The molecular weight excluding hydrogens is 424 g/mol. The second-order valence-electron chi connectivity index (χ2n) is 9.10. The zero-order valence-electron chi connectivity index (χ0n) is 18.8. The van der Waals surface area contributed by atoms with Crippen molar-refractivity contribution in [2.45, 2.75) is 38.0 Å². The number of rotatable bonds is 4. The average Bonchev–Trinajstić information content (AvgIpc) is 3.08. The number of aliphatic hydroxyl groups is 1. The van der Waals surface area contributed by atoms with Crippen molar-refractivity contribution in [2.24, 2.45) is 11.8 Å². The van der Waals surface area contributed by atoms with Crippen molar-refractivity contribution in [1.29, 1.82) is 0 Å². The Bertz CT molecular complexity index is 1040. The van der Waals surface area contributed by atoms with E-state index in [-0.39, 0.29) is 31.6 Å². The third kappa shape index (κ3) is 3.15. The number of benzene rings is 1. The summed E-state index contributed by atoms with van der Waals surface area (Å²) < 4.78 is 11.8. The minimum atomic E-state index is -1.27. The zero-order chi connectivity index (χ0) is 23.3. The molecule has 1 N–H and O–H groups in total. The van der Waals surface area contributed by atoms with E-state index in [2.05, 4.69) is 0 Å². The molecule has 2 fully saturated rings. The molecule has 0 radical (unpaired) electrons. The van der Waals surface area contributed by atoms with E-state index in [4.69, 9.17) is 9.47 Å². The Balaban J connectivity index is 1.64. The fourth-order valence-corrected chi connectivity index (χ4v) is 5.88. The van der Waals surface area contributed by atoms with Gasteiger partial charge in [-0.15, -0.1) is 0 Å². The van der Waals surface area contributed by atoms with Crippen molar-refractivity contribution >= 4 is 23.5 Å². The number of nitrogens with zero attached hydrogens (tertiary/aromatic N) is 2. The van der Waals surface area contributed by atoms with Gasteiger partial charge in [0.15, 0.2) is 0 Å². The summed E-state index contributed by atoms with van der Waals surface area (Å²) in [6.45, 7) is 4.46. The molecule has 0 aliphatic carbocycles. The number of aliphatic hydroxyl groups excluding tert-OH is 1. The maximum atomic E-state index is 14.2. The third-order valence-electron chi connectivity index (χ3n) is 7.18. The van der Waals surface area contributed by atoms with Crippen molar-refractivity contribution < 1.29 is 29.0 Å². The Morgan fingerprint density at radius 3 is 2.61 bits per heavy atom. The van der Waals surface area contributed by atoms with E-state index >= 15 is 0 Å². The van der Waals surface area contributed by atoms with E-state index in [0.29, 0.717) is 13.0 Å². The van der Waals surface area contributed by atoms with Crippen molar-refractivity contribution in [3.63, 3.8) is 0 Å². The van der Waals surface area contributed by atoms with Crippen LogP contribution in [0.15, 0.2) is 42.5 Å².